The molecular weight excluding hydrogens is 278 g/mol. The summed E-state index contributed by atoms with van der Waals surface area (Å²) in [6.45, 7) is 1.45. The number of amides is 1. The van der Waals surface area contributed by atoms with Crippen LogP contribution < -0.4 is 5.32 Å². The molecule has 0 spiro atoms. The van der Waals surface area contributed by atoms with Crippen LogP contribution in [0, 0.1) is 0 Å². The number of aromatic amines is 1. The van der Waals surface area contributed by atoms with Gasteiger partial charge in [0.1, 0.15) is 0 Å². The van der Waals surface area contributed by atoms with Crippen LogP contribution >= 0.6 is 27.3 Å². The van der Waals surface area contributed by atoms with Gasteiger partial charge in [-0.15, -0.1) is 11.3 Å². The zero-order chi connectivity index (χ0) is 10.8. The summed E-state index contributed by atoms with van der Waals surface area (Å²) in [6.07, 6.45) is 0. The maximum atomic E-state index is 10.8. The summed E-state index contributed by atoms with van der Waals surface area (Å²) in [5.41, 5.74) is 0.898. The van der Waals surface area contributed by atoms with Gasteiger partial charge < -0.3 is 5.32 Å². The van der Waals surface area contributed by atoms with Gasteiger partial charge in [-0.1, -0.05) is 0 Å². The minimum atomic E-state index is -0.125. The normalized spacial score (nSPS) is 10.3. The van der Waals surface area contributed by atoms with Crippen molar-refractivity contribution < 1.29 is 4.79 Å². The Morgan fingerprint density at radius 3 is 3.00 bits per heavy atom. The lowest BCUT2D eigenvalue weighted by Gasteiger charge is -1.91. The summed E-state index contributed by atoms with van der Waals surface area (Å²) in [5, 5.41) is 9.46. The second-order valence-electron chi connectivity index (χ2n) is 2.95. The lowest BCUT2D eigenvalue weighted by Crippen LogP contribution is -2.05. The minimum Gasteiger partial charge on any atom is -0.309 e. The van der Waals surface area contributed by atoms with Crippen molar-refractivity contribution >= 4 is 39.0 Å². The maximum absolute atomic E-state index is 10.8. The number of carbonyl (C=O) groups is 1. The van der Waals surface area contributed by atoms with Crippen molar-refractivity contribution in [3.63, 3.8) is 0 Å². The highest BCUT2D eigenvalue weighted by molar-refractivity contribution is 9.11. The molecule has 0 aliphatic carbocycles. The van der Waals surface area contributed by atoms with E-state index in [4.69, 9.17) is 0 Å². The number of nitrogens with zero attached hydrogens (tertiary/aromatic N) is 1. The van der Waals surface area contributed by atoms with Gasteiger partial charge in [-0.3, -0.25) is 9.89 Å². The first kappa shape index (κ1) is 10.4. The lowest BCUT2D eigenvalue weighted by atomic mass is 10.3. The Morgan fingerprint density at radius 2 is 2.40 bits per heavy atom. The molecule has 0 aromatic carbocycles. The van der Waals surface area contributed by atoms with Crippen LogP contribution in [0.5, 0.6) is 0 Å². The Morgan fingerprint density at radius 1 is 1.60 bits per heavy atom. The second kappa shape index (κ2) is 4.16. The van der Waals surface area contributed by atoms with Crippen LogP contribution in [0.2, 0.25) is 0 Å². The fourth-order valence-electron chi connectivity index (χ4n) is 1.15. The van der Waals surface area contributed by atoms with Crippen molar-refractivity contribution in [3.8, 4) is 10.6 Å². The molecule has 0 unspecified atom stereocenters. The van der Waals surface area contributed by atoms with Crippen LogP contribution in [0.4, 0.5) is 5.82 Å². The highest BCUT2D eigenvalue weighted by atomic mass is 79.9. The van der Waals surface area contributed by atoms with Crippen LogP contribution in [0.25, 0.3) is 10.6 Å². The lowest BCUT2D eigenvalue weighted by molar-refractivity contribution is -0.114. The Kier molecular flexibility index (Phi) is 2.88. The summed E-state index contributed by atoms with van der Waals surface area (Å²) in [5.74, 6) is 0.419. The third kappa shape index (κ3) is 2.45. The number of H-pyrrole nitrogens is 1. The van der Waals surface area contributed by atoms with E-state index in [0.717, 1.165) is 14.4 Å². The van der Waals surface area contributed by atoms with Crippen LogP contribution in [0.1, 0.15) is 6.92 Å². The summed E-state index contributed by atoms with van der Waals surface area (Å²) < 4.78 is 1.06. The van der Waals surface area contributed by atoms with E-state index in [1.54, 1.807) is 17.4 Å². The molecular formula is C9H8BrN3OS. The van der Waals surface area contributed by atoms with Crippen molar-refractivity contribution in [2.75, 3.05) is 5.32 Å². The molecule has 15 heavy (non-hydrogen) atoms. The standard InChI is InChI=1S/C9H8BrN3OS/c1-5(14)11-9-4-6(12-13-9)7-2-3-8(10)15-7/h2-4H,1H3,(H2,11,12,13,14). The number of nitrogens with one attached hydrogen (secondary N) is 2. The quantitative estimate of drug-likeness (QED) is 0.891. The molecule has 2 aromatic rings. The zero-order valence-corrected chi connectivity index (χ0v) is 10.3. The van der Waals surface area contributed by atoms with E-state index in [2.05, 4.69) is 31.4 Å². The monoisotopic (exact) mass is 285 g/mol. The Hall–Kier alpha value is -1.14. The van der Waals surface area contributed by atoms with E-state index >= 15 is 0 Å². The number of halogens is 1. The van der Waals surface area contributed by atoms with E-state index in [1.807, 2.05) is 12.1 Å². The van der Waals surface area contributed by atoms with Gasteiger partial charge in [0, 0.05) is 13.0 Å². The SMILES string of the molecule is CC(=O)Nc1cc(-c2ccc(Br)s2)[nH]n1. The second-order valence-corrected chi connectivity index (χ2v) is 5.41. The fraction of sp³-hybridized carbons (Fsp3) is 0.111. The molecule has 2 rings (SSSR count). The van der Waals surface area contributed by atoms with Crippen molar-refractivity contribution in [2.45, 2.75) is 6.92 Å². The number of anilines is 1. The molecule has 0 fully saturated rings. The molecule has 0 aliphatic heterocycles. The topological polar surface area (TPSA) is 57.8 Å². The van der Waals surface area contributed by atoms with Gasteiger partial charge in [0.25, 0.3) is 0 Å². The van der Waals surface area contributed by atoms with Crippen LogP contribution in [-0.4, -0.2) is 16.1 Å². The number of hydrogen-bond donors (Lipinski definition) is 2. The Labute approximate surface area is 98.8 Å². The van der Waals surface area contributed by atoms with E-state index in [0.29, 0.717) is 5.82 Å². The molecule has 0 saturated carbocycles. The first-order valence-electron chi connectivity index (χ1n) is 4.24. The fourth-order valence-corrected chi connectivity index (χ4v) is 2.50. The van der Waals surface area contributed by atoms with E-state index < -0.39 is 0 Å². The van der Waals surface area contributed by atoms with Crippen molar-refractivity contribution in [2.24, 2.45) is 0 Å². The average molecular weight is 286 g/mol. The third-order valence-corrected chi connectivity index (χ3v) is 3.38. The summed E-state index contributed by atoms with van der Waals surface area (Å²) in [7, 11) is 0. The number of rotatable bonds is 2. The molecule has 0 saturated heterocycles. The Bertz CT molecular complexity index is 491. The Balaban J connectivity index is 2.23. The summed E-state index contributed by atoms with van der Waals surface area (Å²) >= 11 is 5.00. The van der Waals surface area contributed by atoms with E-state index in [-0.39, 0.29) is 5.91 Å². The smallest absolute Gasteiger partial charge is 0.222 e. The van der Waals surface area contributed by atoms with E-state index in [9.17, 15) is 4.79 Å². The predicted molar refractivity (Wildman–Crippen MR) is 63.9 cm³/mol. The van der Waals surface area contributed by atoms with Gasteiger partial charge in [0.2, 0.25) is 5.91 Å². The summed E-state index contributed by atoms with van der Waals surface area (Å²) in [6, 6.07) is 5.76. The average Bonchev–Trinajstić information content (AvgIpc) is 2.72. The molecule has 2 N–H and O–H groups in total. The predicted octanol–water partition coefficient (Wildman–Crippen LogP) is 2.86. The molecule has 6 heteroatoms. The largest absolute Gasteiger partial charge is 0.309 e. The molecule has 2 heterocycles. The highest BCUT2D eigenvalue weighted by Crippen LogP contribution is 2.30. The molecule has 4 nitrogen and oxygen atoms in total. The molecule has 78 valence electrons. The molecule has 0 bridgehead atoms. The van der Waals surface area contributed by atoms with Gasteiger partial charge in [0.15, 0.2) is 5.82 Å². The number of aromatic nitrogens is 2. The minimum absolute atomic E-state index is 0.125. The van der Waals surface area contributed by atoms with Crippen molar-refractivity contribution in [1.29, 1.82) is 0 Å². The van der Waals surface area contributed by atoms with Crippen LogP contribution in [0.3, 0.4) is 0 Å². The summed E-state index contributed by atoms with van der Waals surface area (Å²) in [4.78, 5) is 11.9. The highest BCUT2D eigenvalue weighted by Gasteiger charge is 2.06. The number of thiophene rings is 1. The van der Waals surface area contributed by atoms with Crippen LogP contribution in [-0.2, 0) is 4.79 Å². The first-order chi connectivity index (χ1) is 7.15. The van der Waals surface area contributed by atoms with Gasteiger partial charge in [-0.05, 0) is 28.1 Å². The van der Waals surface area contributed by atoms with E-state index in [1.165, 1.54) is 6.92 Å². The number of hydrogen-bond acceptors (Lipinski definition) is 3. The zero-order valence-electron chi connectivity index (χ0n) is 7.87. The molecule has 2 aromatic heterocycles. The van der Waals surface area contributed by atoms with Crippen LogP contribution in [0.15, 0.2) is 22.0 Å². The first-order valence-corrected chi connectivity index (χ1v) is 5.85. The van der Waals surface area contributed by atoms with Crippen molar-refractivity contribution in [1.82, 2.24) is 10.2 Å². The maximum Gasteiger partial charge on any atom is 0.222 e. The number of carbonyl (C=O) groups excluding carboxylic acids is 1. The molecule has 0 radical (unpaired) electrons. The van der Waals surface area contributed by atoms with Gasteiger partial charge in [0.05, 0.1) is 14.4 Å². The third-order valence-electron chi connectivity index (χ3n) is 1.72. The molecule has 0 atom stereocenters. The van der Waals surface area contributed by atoms with Gasteiger partial charge in [-0.2, -0.15) is 5.10 Å². The molecule has 1 amide bonds. The van der Waals surface area contributed by atoms with Gasteiger partial charge in [-0.25, -0.2) is 0 Å². The van der Waals surface area contributed by atoms with Crippen molar-refractivity contribution in [3.05, 3.63) is 22.0 Å². The molecule has 0 aliphatic rings. The van der Waals surface area contributed by atoms with Gasteiger partial charge >= 0.3 is 0 Å².